The van der Waals surface area contributed by atoms with Crippen molar-refractivity contribution in [3.05, 3.63) is 24.3 Å². The van der Waals surface area contributed by atoms with Gasteiger partial charge in [-0.15, -0.1) is 0 Å². The summed E-state index contributed by atoms with van der Waals surface area (Å²) in [5.74, 6) is -0.480. The van der Waals surface area contributed by atoms with Crippen LogP contribution in [0.1, 0.15) is 258 Å². The lowest BCUT2D eigenvalue weighted by molar-refractivity contribution is -0.220. The highest BCUT2D eigenvalue weighted by Crippen LogP contribution is 2.47. The lowest BCUT2D eigenvalue weighted by Gasteiger charge is -2.41. The summed E-state index contributed by atoms with van der Waals surface area (Å²) in [7, 11) is -5.02. The number of carbonyl (C=O) groups excluding carboxylic acids is 1. The topological polar surface area (TPSA) is 192 Å². The van der Waals surface area contributed by atoms with Crippen molar-refractivity contribution >= 4 is 13.8 Å². The maximum atomic E-state index is 12.9. The number of carbonyl (C=O) groups is 1. The van der Waals surface area contributed by atoms with Gasteiger partial charge >= 0.3 is 13.8 Å². The van der Waals surface area contributed by atoms with Gasteiger partial charge in [0.1, 0.15) is 42.7 Å². The average molecular weight is 989 g/mol. The number of aliphatic hydroxyl groups is 5. The van der Waals surface area contributed by atoms with Gasteiger partial charge in [0.05, 0.1) is 13.2 Å². The molecule has 0 saturated heterocycles. The summed E-state index contributed by atoms with van der Waals surface area (Å²) in [6.45, 7) is 4.29. The van der Waals surface area contributed by atoms with Gasteiger partial charge in [0.25, 0.3) is 0 Å². The summed E-state index contributed by atoms with van der Waals surface area (Å²) < 4.78 is 34.4. The summed E-state index contributed by atoms with van der Waals surface area (Å²) >= 11 is 0. The number of rotatable bonds is 49. The van der Waals surface area contributed by atoms with Crippen LogP contribution < -0.4 is 0 Å². The van der Waals surface area contributed by atoms with Gasteiger partial charge in [-0.1, -0.05) is 231 Å². The Morgan fingerprint density at radius 3 is 1.25 bits per heavy atom. The molecule has 0 radical (unpaired) electrons. The fourth-order valence-electron chi connectivity index (χ4n) is 8.86. The molecule has 0 aromatic carbocycles. The fraction of sp³-hybridized carbons (Fsp3) is 0.909. The number of phosphoric ester groups is 1. The largest absolute Gasteiger partial charge is 0.472 e. The summed E-state index contributed by atoms with van der Waals surface area (Å²) in [6, 6.07) is 0. The number of esters is 1. The molecule has 1 aliphatic rings. The molecule has 0 aromatic rings. The predicted octanol–water partition coefficient (Wildman–Crippen LogP) is 13.2. The van der Waals surface area contributed by atoms with Gasteiger partial charge in [0, 0.05) is 13.0 Å². The Morgan fingerprint density at radius 2 is 0.824 bits per heavy atom. The van der Waals surface area contributed by atoms with Crippen molar-refractivity contribution in [3.8, 4) is 0 Å². The smallest absolute Gasteiger partial charge is 0.457 e. The molecule has 6 unspecified atom stereocenters. The number of unbranched alkanes of at least 4 members (excludes halogenated alkanes) is 33. The van der Waals surface area contributed by atoms with Gasteiger partial charge in [-0.2, -0.15) is 0 Å². The number of ether oxygens (including phenoxy) is 2. The van der Waals surface area contributed by atoms with E-state index in [9.17, 15) is 39.8 Å². The van der Waals surface area contributed by atoms with Crippen molar-refractivity contribution in [3.63, 3.8) is 0 Å². The lowest BCUT2D eigenvalue weighted by Crippen LogP contribution is -2.64. The quantitative estimate of drug-likeness (QED) is 0.0146. The second-order valence-electron chi connectivity index (χ2n) is 19.8. The molecule has 402 valence electrons. The molecule has 0 heterocycles. The molecule has 13 heteroatoms. The molecule has 1 rings (SSSR count). The number of allylic oxidation sites excluding steroid dienone is 4. The Balaban J connectivity index is 2.28. The molecule has 0 aliphatic heterocycles. The Labute approximate surface area is 415 Å². The monoisotopic (exact) mass is 989 g/mol. The summed E-state index contributed by atoms with van der Waals surface area (Å²) in [5.41, 5.74) is 0. The van der Waals surface area contributed by atoms with Gasteiger partial charge < -0.3 is 39.9 Å². The summed E-state index contributed by atoms with van der Waals surface area (Å²) in [5, 5.41) is 50.4. The van der Waals surface area contributed by atoms with E-state index in [1.54, 1.807) is 0 Å². The Bertz CT molecular complexity index is 1220. The maximum absolute atomic E-state index is 12.9. The minimum absolute atomic E-state index is 0.0750. The standard InChI is InChI=1S/C55H105O12P/c1-3-5-7-9-11-13-15-17-19-21-23-24-25-26-27-29-31-33-35-37-39-41-43-45-64-46-48(47-65-68(62,63)67-55-53(60)51(58)50(57)52(59)54(55)61)66-49(56)44-42-40-38-36-34-32-30-28-22-20-18-16-14-12-10-8-6-4-2/h14,16,20,22,48,50-55,57-61H,3-13,15,17-19,21,23-47H2,1-2H3,(H,62,63)/b16-14-,22-20-. The molecule has 68 heavy (non-hydrogen) atoms. The zero-order valence-electron chi connectivity index (χ0n) is 43.4. The van der Waals surface area contributed by atoms with Crippen molar-refractivity contribution < 1.29 is 58.3 Å². The van der Waals surface area contributed by atoms with Crippen LogP contribution in [0.4, 0.5) is 0 Å². The molecule has 0 aromatic heterocycles. The van der Waals surface area contributed by atoms with E-state index in [-0.39, 0.29) is 13.0 Å². The van der Waals surface area contributed by atoms with Gasteiger partial charge in [0.2, 0.25) is 0 Å². The first-order valence-electron chi connectivity index (χ1n) is 28.2. The Morgan fingerprint density at radius 1 is 0.471 bits per heavy atom. The molecule has 0 amide bonds. The van der Waals surface area contributed by atoms with Crippen molar-refractivity contribution in [1.82, 2.24) is 0 Å². The molecular formula is C55H105O12P. The third kappa shape index (κ3) is 36.7. The van der Waals surface area contributed by atoms with E-state index in [0.29, 0.717) is 13.0 Å². The normalized spacial score (nSPS) is 21.2. The van der Waals surface area contributed by atoms with Crippen LogP contribution in [0.3, 0.4) is 0 Å². The van der Waals surface area contributed by atoms with Crippen LogP contribution in [0.25, 0.3) is 0 Å². The van der Waals surface area contributed by atoms with Crippen LogP contribution in [0, 0.1) is 0 Å². The van der Waals surface area contributed by atoms with Crippen molar-refractivity contribution in [2.45, 2.75) is 301 Å². The van der Waals surface area contributed by atoms with Crippen LogP contribution in [-0.2, 0) is 27.9 Å². The fourth-order valence-corrected chi connectivity index (χ4v) is 9.83. The first kappa shape index (κ1) is 64.8. The van der Waals surface area contributed by atoms with E-state index < -0.39 is 63.1 Å². The van der Waals surface area contributed by atoms with Crippen LogP contribution in [-0.4, -0.2) is 98.9 Å². The van der Waals surface area contributed by atoms with Crippen LogP contribution in [0.15, 0.2) is 24.3 Å². The van der Waals surface area contributed by atoms with Gasteiger partial charge in [-0.25, -0.2) is 4.57 Å². The number of aliphatic hydroxyl groups excluding tert-OH is 5. The van der Waals surface area contributed by atoms with Crippen molar-refractivity contribution in [2.75, 3.05) is 19.8 Å². The summed E-state index contributed by atoms with van der Waals surface area (Å²) in [4.78, 5) is 23.3. The minimum atomic E-state index is -5.02. The highest BCUT2D eigenvalue weighted by molar-refractivity contribution is 7.47. The number of phosphoric acid groups is 1. The molecular weight excluding hydrogens is 884 g/mol. The van der Waals surface area contributed by atoms with Gasteiger partial charge in [-0.3, -0.25) is 13.8 Å². The van der Waals surface area contributed by atoms with E-state index in [0.717, 1.165) is 57.8 Å². The first-order chi connectivity index (χ1) is 33.0. The van der Waals surface area contributed by atoms with Crippen LogP contribution in [0.5, 0.6) is 0 Å². The maximum Gasteiger partial charge on any atom is 0.472 e. The highest BCUT2D eigenvalue weighted by Gasteiger charge is 2.51. The molecule has 6 atom stereocenters. The lowest BCUT2D eigenvalue weighted by atomic mass is 9.85. The second kappa shape index (κ2) is 45.7. The SMILES string of the molecule is CCCCCC/C=C\C/C=C\CCCCCCCCCC(=O)OC(COCCCCCCCCCCCCCCCCCCCCCCCCC)COP(=O)(O)OC1C(O)C(O)C(O)C(O)C1O. The second-order valence-corrected chi connectivity index (χ2v) is 21.2. The molecule has 6 N–H and O–H groups in total. The molecule has 12 nitrogen and oxygen atoms in total. The van der Waals surface area contributed by atoms with Crippen LogP contribution >= 0.6 is 7.82 Å². The van der Waals surface area contributed by atoms with E-state index in [1.165, 1.54) is 173 Å². The Hall–Kier alpha value is -1.18. The third-order valence-corrected chi connectivity index (χ3v) is 14.3. The average Bonchev–Trinajstić information content (AvgIpc) is 3.32. The minimum Gasteiger partial charge on any atom is -0.457 e. The Kier molecular flexibility index (Phi) is 43.5. The van der Waals surface area contributed by atoms with E-state index in [1.807, 2.05) is 0 Å². The zero-order valence-corrected chi connectivity index (χ0v) is 44.3. The van der Waals surface area contributed by atoms with Gasteiger partial charge in [-0.05, 0) is 44.9 Å². The zero-order chi connectivity index (χ0) is 49.8. The number of hydrogen-bond acceptors (Lipinski definition) is 11. The van der Waals surface area contributed by atoms with Gasteiger partial charge in [0.15, 0.2) is 0 Å². The number of hydrogen-bond donors (Lipinski definition) is 6. The first-order valence-corrected chi connectivity index (χ1v) is 29.7. The van der Waals surface area contributed by atoms with E-state index in [4.69, 9.17) is 18.5 Å². The highest BCUT2D eigenvalue weighted by atomic mass is 31.2. The molecule has 0 bridgehead atoms. The molecule has 0 spiro atoms. The molecule has 1 saturated carbocycles. The third-order valence-electron chi connectivity index (χ3n) is 13.3. The molecule has 1 aliphatic carbocycles. The van der Waals surface area contributed by atoms with Crippen LogP contribution in [0.2, 0.25) is 0 Å². The van der Waals surface area contributed by atoms with E-state index in [2.05, 4.69) is 38.2 Å². The molecule has 1 fully saturated rings. The summed E-state index contributed by atoms with van der Waals surface area (Å²) in [6.07, 6.45) is 42.5. The van der Waals surface area contributed by atoms with Crippen molar-refractivity contribution in [1.29, 1.82) is 0 Å². The van der Waals surface area contributed by atoms with Crippen molar-refractivity contribution in [2.24, 2.45) is 0 Å². The van der Waals surface area contributed by atoms with E-state index >= 15 is 0 Å². The predicted molar refractivity (Wildman–Crippen MR) is 276 cm³/mol.